The van der Waals surface area contributed by atoms with Gasteiger partial charge in [0.1, 0.15) is 17.2 Å². The summed E-state index contributed by atoms with van der Waals surface area (Å²) in [4.78, 5) is 16.2. The molecule has 4 heterocycles. The van der Waals surface area contributed by atoms with Gasteiger partial charge in [0.25, 0.3) is 5.89 Å². The molecule has 4 rings (SSSR count). The Hall–Kier alpha value is -3.07. The van der Waals surface area contributed by atoms with E-state index in [2.05, 4.69) is 25.1 Å². The SMILES string of the molecule is Cc1nc(-c2noc(-c3cscn3)n2)cc(-c2cncc(F)c2)c1F. The van der Waals surface area contributed by atoms with E-state index in [-0.39, 0.29) is 23.0 Å². The molecule has 0 N–H and O–H groups in total. The van der Waals surface area contributed by atoms with E-state index < -0.39 is 11.6 Å². The monoisotopic (exact) mass is 357 g/mol. The number of rotatable bonds is 3. The predicted molar refractivity (Wildman–Crippen MR) is 86.5 cm³/mol. The summed E-state index contributed by atoms with van der Waals surface area (Å²) < 4.78 is 33.1. The molecule has 9 heteroatoms. The average molecular weight is 357 g/mol. The van der Waals surface area contributed by atoms with Gasteiger partial charge in [-0.3, -0.25) is 4.98 Å². The van der Waals surface area contributed by atoms with Crippen LogP contribution >= 0.6 is 11.3 Å². The van der Waals surface area contributed by atoms with Gasteiger partial charge >= 0.3 is 0 Å². The second kappa shape index (κ2) is 6.10. The number of hydrogen-bond acceptors (Lipinski definition) is 7. The first-order valence-electron chi connectivity index (χ1n) is 7.12. The lowest BCUT2D eigenvalue weighted by molar-refractivity contribution is 0.431. The highest BCUT2D eigenvalue weighted by molar-refractivity contribution is 7.07. The Morgan fingerprint density at radius 3 is 2.72 bits per heavy atom. The Balaban J connectivity index is 1.81. The van der Waals surface area contributed by atoms with Crippen LogP contribution in [0.3, 0.4) is 0 Å². The van der Waals surface area contributed by atoms with Crippen molar-refractivity contribution in [1.29, 1.82) is 0 Å². The summed E-state index contributed by atoms with van der Waals surface area (Å²) in [5.41, 5.74) is 3.11. The third-order valence-corrected chi connectivity index (χ3v) is 4.03. The normalized spacial score (nSPS) is 11.0. The van der Waals surface area contributed by atoms with Crippen molar-refractivity contribution in [2.45, 2.75) is 6.92 Å². The lowest BCUT2D eigenvalue weighted by atomic mass is 10.1. The summed E-state index contributed by atoms with van der Waals surface area (Å²) in [6.45, 7) is 1.51. The van der Waals surface area contributed by atoms with Gasteiger partial charge in [0.2, 0.25) is 5.82 Å². The molecule has 0 aliphatic carbocycles. The molecule has 0 atom stereocenters. The quantitative estimate of drug-likeness (QED) is 0.553. The summed E-state index contributed by atoms with van der Waals surface area (Å²) in [5.74, 6) is -0.677. The molecular weight excluding hydrogens is 348 g/mol. The molecule has 4 aromatic heterocycles. The van der Waals surface area contributed by atoms with Gasteiger partial charge in [-0.05, 0) is 19.1 Å². The van der Waals surface area contributed by atoms with Crippen LogP contribution in [-0.4, -0.2) is 25.1 Å². The van der Waals surface area contributed by atoms with Crippen LogP contribution in [0.5, 0.6) is 0 Å². The molecule has 6 nitrogen and oxygen atoms in total. The molecule has 0 spiro atoms. The number of thiazole rings is 1. The number of hydrogen-bond donors (Lipinski definition) is 0. The standard InChI is InChI=1S/C16H9F2N5OS/c1-8-14(18)11(9-2-10(17)5-19-4-9)3-12(21-8)15-22-16(24-23-15)13-6-25-7-20-13/h2-7H,1H3. The van der Waals surface area contributed by atoms with E-state index in [1.807, 2.05) is 0 Å². The lowest BCUT2D eigenvalue weighted by Gasteiger charge is -2.07. The fourth-order valence-electron chi connectivity index (χ4n) is 2.29. The van der Waals surface area contributed by atoms with Crippen molar-refractivity contribution in [1.82, 2.24) is 25.1 Å². The highest BCUT2D eigenvalue weighted by atomic mass is 32.1. The first-order chi connectivity index (χ1) is 12.1. The van der Waals surface area contributed by atoms with Crippen molar-refractivity contribution in [3.63, 3.8) is 0 Å². The number of pyridine rings is 2. The molecular formula is C16H9F2N5OS. The molecule has 0 bridgehead atoms. The van der Waals surface area contributed by atoms with Crippen LogP contribution in [0.15, 0.2) is 39.9 Å². The van der Waals surface area contributed by atoms with Gasteiger partial charge in [-0.2, -0.15) is 4.98 Å². The van der Waals surface area contributed by atoms with Crippen LogP contribution in [0.2, 0.25) is 0 Å². The topological polar surface area (TPSA) is 77.6 Å². The van der Waals surface area contributed by atoms with E-state index in [4.69, 9.17) is 4.52 Å². The summed E-state index contributed by atoms with van der Waals surface area (Å²) in [7, 11) is 0. The molecule has 0 aliphatic heterocycles. The molecule has 0 saturated carbocycles. The van der Waals surface area contributed by atoms with Crippen molar-refractivity contribution in [3.05, 3.63) is 52.7 Å². The summed E-state index contributed by atoms with van der Waals surface area (Å²) in [6.07, 6.45) is 2.43. The van der Waals surface area contributed by atoms with E-state index in [1.165, 1.54) is 36.6 Å². The van der Waals surface area contributed by atoms with Gasteiger partial charge in [0.15, 0.2) is 5.82 Å². The maximum atomic E-state index is 14.5. The van der Waals surface area contributed by atoms with Crippen LogP contribution in [0.4, 0.5) is 8.78 Å². The third-order valence-electron chi connectivity index (χ3n) is 3.45. The van der Waals surface area contributed by atoms with Gasteiger partial charge in [-0.15, -0.1) is 11.3 Å². The van der Waals surface area contributed by atoms with Gasteiger partial charge < -0.3 is 4.52 Å². The number of aryl methyl sites for hydroxylation is 1. The summed E-state index contributed by atoms with van der Waals surface area (Å²) in [5, 5.41) is 5.64. The van der Waals surface area contributed by atoms with E-state index >= 15 is 0 Å². The average Bonchev–Trinajstić information content (AvgIpc) is 3.28. The van der Waals surface area contributed by atoms with Gasteiger partial charge in [-0.25, -0.2) is 18.7 Å². The molecule has 0 radical (unpaired) electrons. The van der Waals surface area contributed by atoms with Gasteiger partial charge in [-0.1, -0.05) is 5.16 Å². The van der Waals surface area contributed by atoms with Crippen LogP contribution < -0.4 is 0 Å². The second-order valence-corrected chi connectivity index (χ2v) is 5.86. The van der Waals surface area contributed by atoms with Crippen molar-refractivity contribution in [3.8, 4) is 34.2 Å². The molecule has 0 aromatic carbocycles. The fraction of sp³-hybridized carbons (Fsp3) is 0.0625. The fourth-order valence-corrected chi connectivity index (χ4v) is 2.82. The van der Waals surface area contributed by atoms with Crippen LogP contribution in [0.25, 0.3) is 34.2 Å². The Labute approximate surface area is 144 Å². The van der Waals surface area contributed by atoms with Crippen molar-refractivity contribution in [2.24, 2.45) is 0 Å². The van der Waals surface area contributed by atoms with E-state index in [0.29, 0.717) is 17.0 Å². The van der Waals surface area contributed by atoms with Gasteiger partial charge in [0.05, 0.1) is 17.4 Å². The Bertz CT molecular complexity index is 1050. The lowest BCUT2D eigenvalue weighted by Crippen LogP contribution is -1.97. The Morgan fingerprint density at radius 2 is 1.96 bits per heavy atom. The largest absolute Gasteiger partial charge is 0.332 e. The first kappa shape index (κ1) is 15.5. The molecule has 0 fully saturated rings. The minimum Gasteiger partial charge on any atom is -0.332 e. The zero-order chi connectivity index (χ0) is 17.4. The maximum Gasteiger partial charge on any atom is 0.277 e. The Morgan fingerprint density at radius 1 is 1.08 bits per heavy atom. The van der Waals surface area contributed by atoms with Crippen LogP contribution in [-0.2, 0) is 0 Å². The van der Waals surface area contributed by atoms with E-state index in [0.717, 1.165) is 6.20 Å². The predicted octanol–water partition coefficient (Wildman–Crippen LogP) is 3.90. The first-order valence-corrected chi connectivity index (χ1v) is 8.07. The molecule has 124 valence electrons. The van der Waals surface area contributed by atoms with E-state index in [9.17, 15) is 8.78 Å². The maximum absolute atomic E-state index is 14.5. The number of halogens is 2. The molecule has 4 aromatic rings. The van der Waals surface area contributed by atoms with Crippen molar-refractivity contribution < 1.29 is 13.3 Å². The Kier molecular flexibility index (Phi) is 3.77. The molecule has 25 heavy (non-hydrogen) atoms. The summed E-state index contributed by atoms with van der Waals surface area (Å²) >= 11 is 1.40. The summed E-state index contributed by atoms with van der Waals surface area (Å²) in [6, 6.07) is 2.64. The van der Waals surface area contributed by atoms with E-state index in [1.54, 1.807) is 10.9 Å². The highest BCUT2D eigenvalue weighted by Crippen LogP contribution is 2.29. The highest BCUT2D eigenvalue weighted by Gasteiger charge is 2.18. The van der Waals surface area contributed by atoms with Crippen LogP contribution in [0, 0.1) is 18.6 Å². The molecule has 0 amide bonds. The molecule has 0 aliphatic rings. The number of nitrogens with zero attached hydrogens (tertiary/aromatic N) is 5. The second-order valence-electron chi connectivity index (χ2n) is 5.14. The van der Waals surface area contributed by atoms with Crippen LogP contribution in [0.1, 0.15) is 5.69 Å². The minimum absolute atomic E-state index is 0.136. The smallest absolute Gasteiger partial charge is 0.277 e. The van der Waals surface area contributed by atoms with Gasteiger partial charge in [0, 0.05) is 22.7 Å². The molecule has 0 saturated heterocycles. The molecule has 0 unspecified atom stereocenters. The van der Waals surface area contributed by atoms with Crippen molar-refractivity contribution in [2.75, 3.05) is 0 Å². The zero-order valence-electron chi connectivity index (χ0n) is 12.8. The number of aromatic nitrogens is 5. The third kappa shape index (κ3) is 2.89. The van der Waals surface area contributed by atoms with Crippen molar-refractivity contribution >= 4 is 11.3 Å². The minimum atomic E-state index is -0.557. The zero-order valence-corrected chi connectivity index (χ0v) is 13.6.